The first-order chi connectivity index (χ1) is 7.25. The van der Waals surface area contributed by atoms with Gasteiger partial charge in [0.2, 0.25) is 0 Å². The van der Waals surface area contributed by atoms with E-state index in [9.17, 15) is 0 Å². The van der Waals surface area contributed by atoms with Crippen LogP contribution in [0.25, 0.3) is 0 Å². The van der Waals surface area contributed by atoms with Crippen molar-refractivity contribution < 1.29 is 5.21 Å². The smallest absolute Gasteiger partial charge is 0.0767 e. The zero-order valence-electron chi connectivity index (χ0n) is 9.15. The summed E-state index contributed by atoms with van der Waals surface area (Å²) in [5.74, 6) is 2.67. The maximum atomic E-state index is 9.09. The summed E-state index contributed by atoms with van der Waals surface area (Å²) in [6.45, 7) is 0.433. The van der Waals surface area contributed by atoms with E-state index >= 15 is 0 Å². The second-order valence-corrected chi connectivity index (χ2v) is 5.95. The molecule has 4 fully saturated rings. The molecule has 4 aliphatic carbocycles. The molecule has 3 heteroatoms. The Morgan fingerprint density at radius 1 is 1.13 bits per heavy atom. The van der Waals surface area contributed by atoms with Crippen molar-refractivity contribution in [3.05, 3.63) is 0 Å². The van der Waals surface area contributed by atoms with Crippen LogP contribution in [0.15, 0.2) is 5.16 Å². The van der Waals surface area contributed by atoms with Crippen molar-refractivity contribution in [2.45, 2.75) is 38.5 Å². The number of hydrogen-bond acceptors (Lipinski definition) is 3. The van der Waals surface area contributed by atoms with Crippen LogP contribution in [0.3, 0.4) is 0 Å². The van der Waals surface area contributed by atoms with Gasteiger partial charge >= 0.3 is 0 Å². The van der Waals surface area contributed by atoms with Crippen LogP contribution in [0.1, 0.15) is 38.5 Å². The molecule has 0 aliphatic heterocycles. The number of nitrogens with two attached hydrogens (primary N) is 1. The predicted octanol–water partition coefficient (Wildman–Crippen LogP) is 1.99. The lowest BCUT2D eigenvalue weighted by Gasteiger charge is -2.56. The Morgan fingerprint density at radius 3 is 1.93 bits per heavy atom. The highest BCUT2D eigenvalue weighted by molar-refractivity contribution is 5.91. The van der Waals surface area contributed by atoms with E-state index in [1.807, 2.05) is 0 Å². The highest BCUT2D eigenvalue weighted by Crippen LogP contribution is 2.60. The molecule has 4 aliphatic rings. The minimum Gasteiger partial charge on any atom is -0.411 e. The van der Waals surface area contributed by atoms with Crippen LogP contribution in [-0.4, -0.2) is 17.5 Å². The van der Waals surface area contributed by atoms with Gasteiger partial charge < -0.3 is 10.9 Å². The Balaban J connectivity index is 1.92. The molecule has 0 unspecified atom stereocenters. The summed E-state index contributed by atoms with van der Waals surface area (Å²) in [7, 11) is 0. The van der Waals surface area contributed by atoms with Crippen molar-refractivity contribution in [2.24, 2.45) is 34.1 Å². The van der Waals surface area contributed by atoms with Crippen LogP contribution in [0.2, 0.25) is 0 Å². The van der Waals surface area contributed by atoms with E-state index in [2.05, 4.69) is 5.16 Å². The number of hydrogen-bond donors (Lipinski definition) is 2. The van der Waals surface area contributed by atoms with Crippen molar-refractivity contribution in [1.82, 2.24) is 0 Å². The van der Waals surface area contributed by atoms with E-state index in [0.29, 0.717) is 6.54 Å². The summed E-state index contributed by atoms with van der Waals surface area (Å²) in [6.07, 6.45) is 7.95. The average molecular weight is 208 g/mol. The molecule has 15 heavy (non-hydrogen) atoms. The Labute approximate surface area is 90.7 Å². The summed E-state index contributed by atoms with van der Waals surface area (Å²) >= 11 is 0. The number of nitrogens with zero attached hydrogens (tertiary/aromatic N) is 1. The number of oxime groups is 1. The zero-order valence-corrected chi connectivity index (χ0v) is 9.15. The molecule has 0 spiro atoms. The van der Waals surface area contributed by atoms with Crippen molar-refractivity contribution in [3.8, 4) is 0 Å². The van der Waals surface area contributed by atoms with Gasteiger partial charge in [0.1, 0.15) is 0 Å². The van der Waals surface area contributed by atoms with E-state index < -0.39 is 0 Å². The van der Waals surface area contributed by atoms with Crippen LogP contribution in [0.5, 0.6) is 0 Å². The largest absolute Gasteiger partial charge is 0.411 e. The van der Waals surface area contributed by atoms with E-state index in [0.717, 1.165) is 23.5 Å². The molecule has 0 atom stereocenters. The highest BCUT2D eigenvalue weighted by atomic mass is 16.4. The molecule has 0 amide bonds. The van der Waals surface area contributed by atoms with Gasteiger partial charge in [0, 0.05) is 12.0 Å². The van der Waals surface area contributed by atoms with Crippen molar-refractivity contribution in [2.75, 3.05) is 6.54 Å². The third kappa shape index (κ3) is 1.32. The molecule has 0 aromatic carbocycles. The molecule has 4 saturated carbocycles. The Kier molecular flexibility index (Phi) is 2.06. The monoisotopic (exact) mass is 208 g/mol. The molecular weight excluding hydrogens is 188 g/mol. The van der Waals surface area contributed by atoms with Gasteiger partial charge in [-0.05, 0) is 56.3 Å². The minimum atomic E-state index is 0.193. The third-order valence-corrected chi connectivity index (χ3v) is 4.96. The summed E-state index contributed by atoms with van der Waals surface area (Å²) in [6, 6.07) is 0. The van der Waals surface area contributed by atoms with E-state index in [-0.39, 0.29) is 5.41 Å². The van der Waals surface area contributed by atoms with Crippen LogP contribution < -0.4 is 5.73 Å². The molecule has 4 rings (SSSR count). The van der Waals surface area contributed by atoms with Gasteiger partial charge in [-0.3, -0.25) is 0 Å². The summed E-state index contributed by atoms with van der Waals surface area (Å²) in [4.78, 5) is 0. The van der Waals surface area contributed by atoms with Gasteiger partial charge in [-0.1, -0.05) is 5.16 Å². The highest BCUT2D eigenvalue weighted by Gasteiger charge is 2.53. The van der Waals surface area contributed by atoms with Crippen LogP contribution in [0.4, 0.5) is 0 Å². The Morgan fingerprint density at radius 2 is 1.60 bits per heavy atom. The van der Waals surface area contributed by atoms with Crippen molar-refractivity contribution in [1.29, 1.82) is 0 Å². The van der Waals surface area contributed by atoms with Crippen LogP contribution in [0, 0.1) is 23.2 Å². The lowest BCUT2D eigenvalue weighted by Crippen LogP contribution is -2.51. The van der Waals surface area contributed by atoms with Crippen LogP contribution >= 0.6 is 0 Å². The normalized spacial score (nSPS) is 48.6. The first kappa shape index (κ1) is 9.64. The second-order valence-electron chi connectivity index (χ2n) is 5.95. The average Bonchev–Trinajstić information content (AvgIpc) is 2.16. The van der Waals surface area contributed by atoms with Crippen molar-refractivity contribution in [3.63, 3.8) is 0 Å². The molecule has 4 bridgehead atoms. The lowest BCUT2D eigenvalue weighted by atomic mass is 9.48. The summed E-state index contributed by atoms with van der Waals surface area (Å²) in [5, 5.41) is 12.6. The predicted molar refractivity (Wildman–Crippen MR) is 58.9 cm³/mol. The third-order valence-electron chi connectivity index (χ3n) is 4.96. The fourth-order valence-corrected chi connectivity index (χ4v) is 4.83. The zero-order chi connectivity index (χ0) is 10.5. The quantitative estimate of drug-likeness (QED) is 0.414. The van der Waals surface area contributed by atoms with E-state index in [1.165, 1.54) is 38.5 Å². The topological polar surface area (TPSA) is 58.6 Å². The fraction of sp³-hybridized carbons (Fsp3) is 0.917. The molecule has 0 saturated heterocycles. The first-order valence-electron chi connectivity index (χ1n) is 6.17. The molecule has 3 N–H and O–H groups in total. The summed E-state index contributed by atoms with van der Waals surface area (Å²) in [5.41, 5.74) is 6.78. The molecule has 0 aromatic heterocycles. The van der Waals surface area contributed by atoms with Gasteiger partial charge in [-0.15, -0.1) is 0 Å². The lowest BCUT2D eigenvalue weighted by molar-refractivity contribution is -0.0142. The number of rotatable bonds is 2. The fourth-order valence-electron chi connectivity index (χ4n) is 4.83. The standard InChI is InChI=1S/C12H20N2O/c13-7-11(14-15)12-4-8-1-9(5-12)3-10(2-8)6-12/h8-10,15H,1-7,13H2. The molecule has 3 nitrogen and oxygen atoms in total. The molecular formula is C12H20N2O. The minimum absolute atomic E-state index is 0.193. The summed E-state index contributed by atoms with van der Waals surface area (Å²) < 4.78 is 0. The van der Waals surface area contributed by atoms with Gasteiger partial charge in [0.25, 0.3) is 0 Å². The molecule has 0 aromatic rings. The maximum absolute atomic E-state index is 9.09. The Bertz CT molecular complexity index is 263. The van der Waals surface area contributed by atoms with Gasteiger partial charge in [-0.2, -0.15) is 0 Å². The second kappa shape index (κ2) is 3.21. The SMILES string of the molecule is NCC(=NO)C12CC3CC(CC(C3)C1)C2. The van der Waals surface area contributed by atoms with Crippen LogP contribution in [-0.2, 0) is 0 Å². The van der Waals surface area contributed by atoms with Gasteiger partial charge in [-0.25, -0.2) is 0 Å². The Hall–Kier alpha value is -0.570. The molecule has 0 radical (unpaired) electrons. The molecule has 84 valence electrons. The maximum Gasteiger partial charge on any atom is 0.0767 e. The van der Waals surface area contributed by atoms with Gasteiger partial charge in [0.05, 0.1) is 5.71 Å². The van der Waals surface area contributed by atoms with Crippen molar-refractivity contribution >= 4 is 5.71 Å². The van der Waals surface area contributed by atoms with E-state index in [1.54, 1.807) is 0 Å². The van der Waals surface area contributed by atoms with E-state index in [4.69, 9.17) is 10.9 Å². The molecule has 0 heterocycles. The van der Waals surface area contributed by atoms with Gasteiger partial charge in [0.15, 0.2) is 0 Å². The first-order valence-corrected chi connectivity index (χ1v) is 6.17.